The lowest BCUT2D eigenvalue weighted by Crippen LogP contribution is -2.21. The number of carbonyl (C=O) groups excluding carboxylic acids is 2. The van der Waals surface area contributed by atoms with E-state index in [-0.39, 0.29) is 12.4 Å². The van der Waals surface area contributed by atoms with Crippen LogP contribution < -0.4 is 5.32 Å². The number of hydrogen-bond acceptors (Lipinski definition) is 4. The van der Waals surface area contributed by atoms with Crippen LogP contribution in [0.3, 0.4) is 0 Å². The van der Waals surface area contributed by atoms with Crippen LogP contribution in [0, 0.1) is 0 Å². The van der Waals surface area contributed by atoms with Crippen molar-refractivity contribution in [3.05, 3.63) is 58.6 Å². The molecule has 2 aromatic rings. The molecule has 130 valence electrons. The second kappa shape index (κ2) is 8.41. The SMILES string of the molecule is O=C(COC(=O)CSc1ccc2c(c1)CCC2)Nc1cccc(Cl)c1. The minimum absolute atomic E-state index is 0.184. The van der Waals surface area contributed by atoms with Gasteiger partial charge in [-0.1, -0.05) is 23.7 Å². The first-order valence-corrected chi connectivity index (χ1v) is 9.42. The highest BCUT2D eigenvalue weighted by atomic mass is 35.5. The molecular formula is C19H18ClNO3S. The number of aryl methyl sites for hydroxylation is 2. The third kappa shape index (κ3) is 5.25. The summed E-state index contributed by atoms with van der Waals surface area (Å²) in [5, 5.41) is 3.16. The van der Waals surface area contributed by atoms with E-state index in [1.54, 1.807) is 24.3 Å². The molecule has 0 radical (unpaired) electrons. The molecule has 6 heteroatoms. The van der Waals surface area contributed by atoms with E-state index in [4.69, 9.17) is 16.3 Å². The van der Waals surface area contributed by atoms with E-state index in [1.807, 2.05) is 6.07 Å². The Morgan fingerprint density at radius 2 is 1.96 bits per heavy atom. The molecule has 4 nitrogen and oxygen atoms in total. The zero-order valence-corrected chi connectivity index (χ0v) is 15.2. The second-order valence-corrected chi connectivity index (χ2v) is 7.28. The van der Waals surface area contributed by atoms with Crippen molar-refractivity contribution in [3.63, 3.8) is 0 Å². The number of esters is 1. The van der Waals surface area contributed by atoms with Crippen molar-refractivity contribution in [2.75, 3.05) is 17.7 Å². The summed E-state index contributed by atoms with van der Waals surface area (Å²) in [5.74, 6) is -0.617. The Bertz CT molecular complexity index is 794. The van der Waals surface area contributed by atoms with Crippen LogP contribution in [0.5, 0.6) is 0 Å². The summed E-state index contributed by atoms with van der Waals surface area (Å²) in [5.41, 5.74) is 3.35. The number of thioether (sulfide) groups is 1. The smallest absolute Gasteiger partial charge is 0.316 e. The van der Waals surface area contributed by atoms with E-state index in [2.05, 4.69) is 17.4 Å². The maximum absolute atomic E-state index is 11.8. The fourth-order valence-corrected chi connectivity index (χ4v) is 3.68. The van der Waals surface area contributed by atoms with E-state index < -0.39 is 11.9 Å². The molecule has 1 aliphatic carbocycles. The normalized spacial score (nSPS) is 12.5. The largest absolute Gasteiger partial charge is 0.455 e. The van der Waals surface area contributed by atoms with Gasteiger partial charge < -0.3 is 10.1 Å². The van der Waals surface area contributed by atoms with Crippen molar-refractivity contribution in [1.29, 1.82) is 0 Å². The van der Waals surface area contributed by atoms with Crippen molar-refractivity contribution in [3.8, 4) is 0 Å². The molecule has 2 aromatic carbocycles. The van der Waals surface area contributed by atoms with Crippen molar-refractivity contribution < 1.29 is 14.3 Å². The van der Waals surface area contributed by atoms with Crippen molar-refractivity contribution in [2.24, 2.45) is 0 Å². The lowest BCUT2D eigenvalue weighted by Gasteiger charge is -2.07. The van der Waals surface area contributed by atoms with Crippen LogP contribution in [-0.4, -0.2) is 24.2 Å². The summed E-state index contributed by atoms with van der Waals surface area (Å²) in [6.07, 6.45) is 3.45. The Morgan fingerprint density at radius 1 is 1.12 bits per heavy atom. The minimum Gasteiger partial charge on any atom is -0.455 e. The molecule has 0 saturated carbocycles. The van der Waals surface area contributed by atoms with Crippen LogP contribution in [0.25, 0.3) is 0 Å². The molecule has 3 rings (SSSR count). The van der Waals surface area contributed by atoms with Crippen LogP contribution in [0.2, 0.25) is 5.02 Å². The molecule has 0 saturated heterocycles. The van der Waals surface area contributed by atoms with Crippen LogP contribution in [0.15, 0.2) is 47.4 Å². The Balaban J connectivity index is 1.41. The summed E-state index contributed by atoms with van der Waals surface area (Å²) in [4.78, 5) is 24.7. The van der Waals surface area contributed by atoms with Gasteiger partial charge in [-0.25, -0.2) is 0 Å². The lowest BCUT2D eigenvalue weighted by atomic mass is 10.1. The summed E-state index contributed by atoms with van der Waals surface area (Å²) < 4.78 is 5.02. The number of fused-ring (bicyclic) bond motifs is 1. The van der Waals surface area contributed by atoms with E-state index in [0.717, 1.165) is 17.7 Å². The van der Waals surface area contributed by atoms with Crippen molar-refractivity contribution >= 4 is 40.9 Å². The maximum atomic E-state index is 11.8. The third-order valence-electron chi connectivity index (χ3n) is 3.90. The Morgan fingerprint density at radius 3 is 2.80 bits per heavy atom. The average Bonchev–Trinajstić information content (AvgIpc) is 3.06. The first kappa shape index (κ1) is 17.8. The highest BCUT2D eigenvalue weighted by Crippen LogP contribution is 2.27. The lowest BCUT2D eigenvalue weighted by molar-refractivity contribution is -0.144. The standard InChI is InChI=1S/C19H18ClNO3S/c20-15-5-2-6-16(10-15)21-18(22)11-24-19(23)12-25-17-8-7-13-3-1-4-14(13)9-17/h2,5-10H,1,3-4,11-12H2,(H,21,22). The van der Waals surface area contributed by atoms with Crippen LogP contribution in [0.1, 0.15) is 17.5 Å². The van der Waals surface area contributed by atoms with E-state index in [1.165, 1.54) is 29.3 Å². The molecule has 0 fully saturated rings. The number of carbonyl (C=O) groups is 2. The Hall–Kier alpha value is -1.98. The average molecular weight is 376 g/mol. The summed E-state index contributed by atoms with van der Waals surface area (Å²) in [7, 11) is 0. The molecule has 0 bridgehead atoms. The van der Waals surface area contributed by atoms with Crippen molar-refractivity contribution in [1.82, 2.24) is 0 Å². The van der Waals surface area contributed by atoms with Crippen LogP contribution in [-0.2, 0) is 27.2 Å². The monoisotopic (exact) mass is 375 g/mol. The fraction of sp³-hybridized carbons (Fsp3) is 0.263. The van der Waals surface area contributed by atoms with Gasteiger partial charge in [-0.2, -0.15) is 0 Å². The first-order chi connectivity index (χ1) is 12.1. The van der Waals surface area contributed by atoms with Crippen LogP contribution in [0.4, 0.5) is 5.69 Å². The number of hydrogen-bond donors (Lipinski definition) is 1. The molecule has 0 spiro atoms. The number of halogens is 1. The fourth-order valence-electron chi connectivity index (χ4n) is 2.73. The number of nitrogens with one attached hydrogen (secondary N) is 1. The van der Waals surface area contributed by atoms with Gasteiger partial charge >= 0.3 is 5.97 Å². The van der Waals surface area contributed by atoms with Gasteiger partial charge in [0.05, 0.1) is 5.75 Å². The van der Waals surface area contributed by atoms with Crippen molar-refractivity contribution in [2.45, 2.75) is 24.2 Å². The zero-order chi connectivity index (χ0) is 17.6. The Labute approximate surface area is 155 Å². The molecule has 1 aliphatic rings. The number of rotatable bonds is 6. The number of amides is 1. The Kier molecular flexibility index (Phi) is 6.00. The van der Waals surface area contributed by atoms with E-state index >= 15 is 0 Å². The van der Waals surface area contributed by atoms with Crippen LogP contribution >= 0.6 is 23.4 Å². The summed E-state index contributed by atoms with van der Waals surface area (Å²) in [6.45, 7) is -0.309. The topological polar surface area (TPSA) is 55.4 Å². The minimum atomic E-state index is -0.410. The molecule has 0 aliphatic heterocycles. The predicted octanol–water partition coefficient (Wildman–Crippen LogP) is 4.10. The third-order valence-corrected chi connectivity index (χ3v) is 5.10. The molecule has 0 heterocycles. The molecule has 0 aromatic heterocycles. The summed E-state index contributed by atoms with van der Waals surface area (Å²) >= 11 is 7.28. The molecule has 25 heavy (non-hydrogen) atoms. The number of ether oxygens (including phenoxy) is 1. The van der Waals surface area contributed by atoms with Gasteiger partial charge in [0.1, 0.15) is 0 Å². The highest BCUT2D eigenvalue weighted by Gasteiger charge is 2.13. The van der Waals surface area contributed by atoms with Gasteiger partial charge in [0.2, 0.25) is 0 Å². The van der Waals surface area contributed by atoms with Gasteiger partial charge in [0.15, 0.2) is 6.61 Å². The second-order valence-electron chi connectivity index (χ2n) is 5.79. The zero-order valence-electron chi connectivity index (χ0n) is 13.6. The molecule has 0 atom stereocenters. The number of anilines is 1. The van der Waals surface area contributed by atoms with Gasteiger partial charge in [-0.3, -0.25) is 9.59 Å². The van der Waals surface area contributed by atoms with Gasteiger partial charge in [0.25, 0.3) is 5.91 Å². The molecular weight excluding hydrogens is 358 g/mol. The summed E-state index contributed by atoms with van der Waals surface area (Å²) in [6, 6.07) is 13.1. The first-order valence-electron chi connectivity index (χ1n) is 8.06. The predicted molar refractivity (Wildman–Crippen MR) is 100 cm³/mol. The van der Waals surface area contributed by atoms with E-state index in [9.17, 15) is 9.59 Å². The maximum Gasteiger partial charge on any atom is 0.316 e. The molecule has 0 unspecified atom stereocenters. The van der Waals surface area contributed by atoms with Gasteiger partial charge in [0, 0.05) is 15.6 Å². The van der Waals surface area contributed by atoms with Gasteiger partial charge in [-0.15, -0.1) is 11.8 Å². The quantitative estimate of drug-likeness (QED) is 0.610. The molecule has 1 amide bonds. The molecule has 1 N–H and O–H groups in total. The highest BCUT2D eigenvalue weighted by molar-refractivity contribution is 8.00. The van der Waals surface area contributed by atoms with E-state index in [0.29, 0.717) is 10.7 Å². The number of benzene rings is 2. The van der Waals surface area contributed by atoms with Gasteiger partial charge in [-0.05, 0) is 60.7 Å².